The first-order valence-corrected chi connectivity index (χ1v) is 7.97. The van der Waals surface area contributed by atoms with Gasteiger partial charge in [0.1, 0.15) is 0 Å². The van der Waals surface area contributed by atoms with Crippen LogP contribution in [-0.2, 0) is 0 Å². The topological polar surface area (TPSA) is 20.3 Å². The Morgan fingerprint density at radius 1 is 1.37 bits per heavy atom. The molecule has 1 fully saturated rings. The molecule has 1 aliphatic carbocycles. The van der Waals surface area contributed by atoms with E-state index in [0.717, 1.165) is 24.0 Å². The van der Waals surface area contributed by atoms with Gasteiger partial charge in [-0.05, 0) is 43.5 Å². The molecule has 0 radical (unpaired) electrons. The Hall–Kier alpha value is -0.540. The summed E-state index contributed by atoms with van der Waals surface area (Å²) in [6.07, 6.45) is 4.66. The molecule has 0 aromatic heterocycles. The number of alkyl halides is 1. The molecule has 1 aliphatic rings. The minimum absolute atomic E-state index is 0.0884. The number of aryl methyl sites for hydroxylation is 1. The Labute approximate surface area is 128 Å². The monoisotopic (exact) mass is 343 g/mol. The van der Waals surface area contributed by atoms with Crippen molar-refractivity contribution in [3.8, 4) is 0 Å². The summed E-state index contributed by atoms with van der Waals surface area (Å²) < 4.78 is 0. The van der Waals surface area contributed by atoms with Gasteiger partial charge in [0.15, 0.2) is 0 Å². The molecule has 104 valence electrons. The van der Waals surface area contributed by atoms with Crippen LogP contribution in [0.2, 0.25) is 5.02 Å². The zero-order chi connectivity index (χ0) is 14.0. The van der Waals surface area contributed by atoms with Gasteiger partial charge in [-0.15, -0.1) is 0 Å². The van der Waals surface area contributed by atoms with E-state index in [1.165, 1.54) is 12.8 Å². The molecule has 0 spiro atoms. The van der Waals surface area contributed by atoms with Crippen LogP contribution in [0.25, 0.3) is 0 Å². The van der Waals surface area contributed by atoms with E-state index >= 15 is 0 Å². The first-order chi connectivity index (χ1) is 9.00. The predicted octanol–water partition coefficient (Wildman–Crippen LogP) is 4.43. The maximum Gasteiger partial charge on any atom is 0.254 e. The summed E-state index contributed by atoms with van der Waals surface area (Å²) in [5.41, 5.74) is 1.68. The minimum atomic E-state index is 0.0884. The highest BCUT2D eigenvalue weighted by Gasteiger charge is 2.29. The van der Waals surface area contributed by atoms with Crippen LogP contribution in [0.5, 0.6) is 0 Å². The van der Waals surface area contributed by atoms with Gasteiger partial charge in [0.2, 0.25) is 0 Å². The van der Waals surface area contributed by atoms with Crippen molar-refractivity contribution >= 4 is 33.4 Å². The highest BCUT2D eigenvalue weighted by Crippen LogP contribution is 2.29. The van der Waals surface area contributed by atoms with E-state index in [9.17, 15) is 4.79 Å². The van der Waals surface area contributed by atoms with Gasteiger partial charge in [-0.25, -0.2) is 0 Å². The average Bonchev–Trinajstić information content (AvgIpc) is 2.38. The molecule has 1 amide bonds. The summed E-state index contributed by atoms with van der Waals surface area (Å²) >= 11 is 9.65. The Morgan fingerprint density at radius 3 is 2.68 bits per heavy atom. The van der Waals surface area contributed by atoms with E-state index in [2.05, 4.69) is 15.9 Å². The Balaban J connectivity index is 2.18. The van der Waals surface area contributed by atoms with E-state index < -0.39 is 0 Å². The summed E-state index contributed by atoms with van der Waals surface area (Å²) in [5.74, 6) is 0.0884. The number of benzene rings is 1. The molecule has 0 aliphatic heterocycles. The highest BCUT2D eigenvalue weighted by atomic mass is 79.9. The fourth-order valence-electron chi connectivity index (χ4n) is 2.71. The van der Waals surface area contributed by atoms with Crippen molar-refractivity contribution in [2.45, 2.75) is 43.5 Å². The Morgan fingerprint density at radius 2 is 2.05 bits per heavy atom. The van der Waals surface area contributed by atoms with E-state index in [1.807, 2.05) is 31.0 Å². The zero-order valence-corrected chi connectivity index (χ0v) is 13.7. The summed E-state index contributed by atoms with van der Waals surface area (Å²) in [6.45, 7) is 1.93. The van der Waals surface area contributed by atoms with Crippen molar-refractivity contribution in [1.29, 1.82) is 0 Å². The third-order valence-corrected chi connectivity index (χ3v) is 5.19. The SMILES string of the molecule is Cc1cc(Cl)ccc1C(=O)N(C)C1CCCCC1Br. The number of rotatable bonds is 2. The maximum absolute atomic E-state index is 12.6. The average molecular weight is 345 g/mol. The van der Waals surface area contributed by atoms with Crippen LogP contribution in [0, 0.1) is 6.92 Å². The summed E-state index contributed by atoms with van der Waals surface area (Å²) in [4.78, 5) is 14.9. The standard InChI is InChI=1S/C15H19BrClNO/c1-10-9-11(17)7-8-12(10)15(19)18(2)14-6-4-3-5-13(14)16/h7-9,13-14H,3-6H2,1-2H3. The lowest BCUT2D eigenvalue weighted by atomic mass is 9.93. The van der Waals surface area contributed by atoms with E-state index in [1.54, 1.807) is 6.07 Å². The molecule has 1 aromatic carbocycles. The molecule has 1 aromatic rings. The first kappa shape index (κ1) is 14.9. The minimum Gasteiger partial charge on any atom is -0.338 e. The van der Waals surface area contributed by atoms with Gasteiger partial charge in [-0.1, -0.05) is 40.4 Å². The van der Waals surface area contributed by atoms with Crippen molar-refractivity contribution in [2.75, 3.05) is 7.05 Å². The third kappa shape index (κ3) is 3.32. The van der Waals surface area contributed by atoms with Gasteiger partial charge in [-0.2, -0.15) is 0 Å². The lowest BCUT2D eigenvalue weighted by molar-refractivity contribution is 0.0704. The van der Waals surface area contributed by atoms with Crippen LogP contribution in [0.1, 0.15) is 41.6 Å². The van der Waals surface area contributed by atoms with Gasteiger partial charge >= 0.3 is 0 Å². The number of carbonyl (C=O) groups is 1. The Kier molecular flexibility index (Phi) is 4.91. The van der Waals surface area contributed by atoms with Crippen LogP contribution in [0.3, 0.4) is 0 Å². The molecule has 1 saturated carbocycles. The summed E-state index contributed by atoms with van der Waals surface area (Å²) in [7, 11) is 1.90. The molecule has 2 rings (SSSR count). The molecule has 2 unspecified atom stereocenters. The molecule has 0 saturated heterocycles. The molecular weight excluding hydrogens is 326 g/mol. The highest BCUT2D eigenvalue weighted by molar-refractivity contribution is 9.09. The van der Waals surface area contributed by atoms with E-state index in [-0.39, 0.29) is 11.9 Å². The quantitative estimate of drug-likeness (QED) is 0.727. The predicted molar refractivity (Wildman–Crippen MR) is 83.3 cm³/mol. The van der Waals surface area contributed by atoms with Crippen LogP contribution in [0.15, 0.2) is 18.2 Å². The van der Waals surface area contributed by atoms with Gasteiger partial charge in [0.25, 0.3) is 5.91 Å². The number of hydrogen-bond acceptors (Lipinski definition) is 1. The summed E-state index contributed by atoms with van der Waals surface area (Å²) in [6, 6.07) is 5.73. The number of hydrogen-bond donors (Lipinski definition) is 0. The van der Waals surface area contributed by atoms with Crippen molar-refractivity contribution in [2.24, 2.45) is 0 Å². The molecule has 0 heterocycles. The lowest BCUT2D eigenvalue weighted by Crippen LogP contribution is -2.44. The second-order valence-corrected chi connectivity index (χ2v) is 6.86. The van der Waals surface area contributed by atoms with Crippen molar-refractivity contribution in [3.63, 3.8) is 0 Å². The number of carbonyl (C=O) groups excluding carboxylic acids is 1. The van der Waals surface area contributed by atoms with Crippen LogP contribution in [-0.4, -0.2) is 28.7 Å². The van der Waals surface area contributed by atoms with Crippen LogP contribution < -0.4 is 0 Å². The number of halogens is 2. The first-order valence-electron chi connectivity index (χ1n) is 6.68. The van der Waals surface area contributed by atoms with Crippen LogP contribution in [0.4, 0.5) is 0 Å². The molecule has 2 atom stereocenters. The third-order valence-electron chi connectivity index (χ3n) is 3.88. The van der Waals surface area contributed by atoms with Gasteiger partial charge < -0.3 is 4.90 Å². The number of nitrogens with zero attached hydrogens (tertiary/aromatic N) is 1. The lowest BCUT2D eigenvalue weighted by Gasteiger charge is -2.35. The molecule has 0 N–H and O–H groups in total. The Bertz CT molecular complexity index is 477. The van der Waals surface area contributed by atoms with Crippen molar-refractivity contribution < 1.29 is 4.79 Å². The van der Waals surface area contributed by atoms with Gasteiger partial charge in [-0.3, -0.25) is 4.79 Å². The van der Waals surface area contributed by atoms with Gasteiger partial charge in [0, 0.05) is 28.5 Å². The van der Waals surface area contributed by atoms with E-state index in [0.29, 0.717) is 9.85 Å². The number of amides is 1. The molecule has 0 bridgehead atoms. The van der Waals surface area contributed by atoms with Gasteiger partial charge in [0.05, 0.1) is 0 Å². The maximum atomic E-state index is 12.6. The molecule has 19 heavy (non-hydrogen) atoms. The largest absolute Gasteiger partial charge is 0.338 e. The molecule has 4 heteroatoms. The second kappa shape index (κ2) is 6.27. The fourth-order valence-corrected chi connectivity index (χ4v) is 3.88. The van der Waals surface area contributed by atoms with Crippen molar-refractivity contribution in [3.05, 3.63) is 34.3 Å². The fraction of sp³-hybridized carbons (Fsp3) is 0.533. The normalized spacial score (nSPS) is 23.2. The smallest absolute Gasteiger partial charge is 0.254 e. The van der Waals surface area contributed by atoms with Crippen molar-refractivity contribution in [1.82, 2.24) is 4.90 Å². The van der Waals surface area contributed by atoms with E-state index in [4.69, 9.17) is 11.6 Å². The second-order valence-electron chi connectivity index (χ2n) is 5.24. The molecular formula is C15H19BrClNO. The van der Waals surface area contributed by atoms with Crippen LogP contribution >= 0.6 is 27.5 Å². The zero-order valence-electron chi connectivity index (χ0n) is 11.3. The molecule has 2 nitrogen and oxygen atoms in total. The summed E-state index contributed by atoms with van der Waals surface area (Å²) in [5, 5.41) is 0.674.